The second-order valence-electron chi connectivity index (χ2n) is 8.22. The lowest BCUT2D eigenvalue weighted by molar-refractivity contribution is 0.0695. The maximum absolute atomic E-state index is 15.3. The number of nitrogens with zero attached hydrogens (tertiary/aromatic N) is 2. The molecule has 166 valence electrons. The third-order valence-electron chi connectivity index (χ3n) is 6.41. The van der Waals surface area contributed by atoms with Gasteiger partial charge in [0, 0.05) is 50.0 Å². The summed E-state index contributed by atoms with van der Waals surface area (Å²) in [5.74, 6) is -3.80. The number of benzene rings is 2. The molecule has 2 N–H and O–H groups in total. The molecule has 1 atom stereocenters. The highest BCUT2D eigenvalue weighted by Gasteiger charge is 2.30. The van der Waals surface area contributed by atoms with Crippen LogP contribution in [-0.2, 0) is 13.0 Å². The summed E-state index contributed by atoms with van der Waals surface area (Å²) in [6.45, 7) is 2.63. The van der Waals surface area contributed by atoms with Gasteiger partial charge in [-0.05, 0) is 36.6 Å². The zero-order chi connectivity index (χ0) is 22.6. The Balaban J connectivity index is 1.85. The zero-order valence-electron chi connectivity index (χ0n) is 17.0. The lowest BCUT2D eigenvalue weighted by Gasteiger charge is -2.34. The highest BCUT2D eigenvalue weighted by Crippen LogP contribution is 2.33. The Morgan fingerprint density at radius 1 is 1.12 bits per heavy atom. The first kappa shape index (κ1) is 20.7. The van der Waals surface area contributed by atoms with E-state index in [0.717, 1.165) is 38.0 Å². The van der Waals surface area contributed by atoms with Crippen molar-refractivity contribution < 1.29 is 23.1 Å². The topological polar surface area (TPSA) is 74.6 Å². The van der Waals surface area contributed by atoms with E-state index in [1.807, 2.05) is 0 Å². The number of carboxylic acids is 1. The third kappa shape index (κ3) is 3.28. The Labute approximate surface area is 180 Å². The molecule has 1 unspecified atom stereocenters. The summed E-state index contributed by atoms with van der Waals surface area (Å²) in [4.78, 5) is 26.8. The SMILES string of the molecule is O=C(O)c1cn(-c2ccc(F)cc2F)c2c3c(c(F)cc2c1=O)CN1CCNCC1CC3. The average Bonchev–Trinajstić information content (AvgIpc) is 2.95. The molecule has 5 rings (SSSR count). The van der Waals surface area contributed by atoms with Crippen molar-refractivity contribution in [1.82, 2.24) is 14.8 Å². The summed E-state index contributed by atoms with van der Waals surface area (Å²) >= 11 is 0. The smallest absolute Gasteiger partial charge is 0.341 e. The molecule has 2 aliphatic heterocycles. The minimum Gasteiger partial charge on any atom is -0.477 e. The molecule has 1 saturated heterocycles. The minimum atomic E-state index is -1.51. The van der Waals surface area contributed by atoms with Gasteiger partial charge >= 0.3 is 5.97 Å². The molecule has 32 heavy (non-hydrogen) atoms. The minimum absolute atomic E-state index is 0.114. The normalized spacial score (nSPS) is 18.8. The Hall–Kier alpha value is -3.17. The second kappa shape index (κ2) is 7.75. The lowest BCUT2D eigenvalue weighted by atomic mass is 9.96. The van der Waals surface area contributed by atoms with Crippen molar-refractivity contribution in [3.05, 3.63) is 74.8 Å². The summed E-state index contributed by atoms with van der Waals surface area (Å²) in [5.41, 5.74) is -0.341. The van der Waals surface area contributed by atoms with E-state index in [-0.39, 0.29) is 22.6 Å². The molecule has 0 spiro atoms. The van der Waals surface area contributed by atoms with Gasteiger partial charge in [0.15, 0.2) is 0 Å². The van der Waals surface area contributed by atoms with E-state index in [9.17, 15) is 23.5 Å². The van der Waals surface area contributed by atoms with Gasteiger partial charge in [-0.2, -0.15) is 0 Å². The second-order valence-corrected chi connectivity index (χ2v) is 8.22. The van der Waals surface area contributed by atoms with Gasteiger partial charge in [0.1, 0.15) is 23.0 Å². The van der Waals surface area contributed by atoms with E-state index >= 15 is 4.39 Å². The third-order valence-corrected chi connectivity index (χ3v) is 6.41. The molecule has 2 aromatic carbocycles. The Morgan fingerprint density at radius 3 is 2.69 bits per heavy atom. The van der Waals surface area contributed by atoms with Gasteiger partial charge in [0.05, 0.1) is 16.6 Å². The standard InChI is InChI=1S/C23H20F3N3O3/c24-12-1-4-20(19(26)7-12)29-11-17(23(31)32)22(30)15-8-18(25)16-10-28-6-5-27-9-13(28)2-3-14(16)21(15)29/h1,4,7-8,11,13,27H,2-3,5-6,9-10H2,(H,31,32). The van der Waals surface area contributed by atoms with Crippen molar-refractivity contribution in [3.8, 4) is 5.69 Å². The van der Waals surface area contributed by atoms with E-state index < -0.39 is 34.4 Å². The van der Waals surface area contributed by atoms with E-state index in [1.54, 1.807) is 0 Å². The zero-order valence-corrected chi connectivity index (χ0v) is 17.0. The molecule has 0 aliphatic carbocycles. The number of hydrogen-bond donors (Lipinski definition) is 2. The van der Waals surface area contributed by atoms with E-state index in [2.05, 4.69) is 10.2 Å². The van der Waals surface area contributed by atoms with Crippen LogP contribution in [0.2, 0.25) is 0 Å². The number of hydrogen-bond acceptors (Lipinski definition) is 4. The molecule has 1 fully saturated rings. The number of aromatic nitrogens is 1. The van der Waals surface area contributed by atoms with Crippen LogP contribution in [0.1, 0.15) is 27.9 Å². The lowest BCUT2D eigenvalue weighted by Crippen LogP contribution is -2.50. The molecule has 3 aromatic rings. The molecule has 9 heteroatoms. The Bertz CT molecular complexity index is 1320. The van der Waals surface area contributed by atoms with E-state index in [1.165, 1.54) is 10.6 Å². The van der Waals surface area contributed by atoms with Crippen LogP contribution >= 0.6 is 0 Å². The summed E-state index contributed by atoms with van der Waals surface area (Å²) in [6.07, 6.45) is 2.17. The van der Waals surface area contributed by atoms with Crippen molar-refractivity contribution >= 4 is 16.9 Å². The van der Waals surface area contributed by atoms with Crippen molar-refractivity contribution in [2.45, 2.75) is 25.4 Å². The summed E-state index contributed by atoms with van der Waals surface area (Å²) < 4.78 is 44.8. The first-order valence-electron chi connectivity index (χ1n) is 10.4. The van der Waals surface area contributed by atoms with Gasteiger partial charge < -0.3 is 15.0 Å². The first-order valence-corrected chi connectivity index (χ1v) is 10.4. The van der Waals surface area contributed by atoms with Gasteiger partial charge in [-0.25, -0.2) is 18.0 Å². The monoisotopic (exact) mass is 443 g/mol. The van der Waals surface area contributed by atoms with Crippen molar-refractivity contribution in [2.24, 2.45) is 0 Å². The predicted octanol–water partition coefficient (Wildman–Crippen LogP) is 2.83. The molecular weight excluding hydrogens is 423 g/mol. The quantitative estimate of drug-likeness (QED) is 0.637. The molecule has 0 radical (unpaired) electrons. The number of halogens is 3. The molecule has 2 aliphatic rings. The molecule has 6 nitrogen and oxygen atoms in total. The number of fused-ring (bicyclic) bond motifs is 4. The number of carbonyl (C=O) groups is 1. The van der Waals surface area contributed by atoms with Gasteiger partial charge in [-0.15, -0.1) is 0 Å². The van der Waals surface area contributed by atoms with Crippen LogP contribution in [0.15, 0.2) is 35.3 Å². The van der Waals surface area contributed by atoms with Crippen LogP contribution in [0, 0.1) is 17.5 Å². The van der Waals surface area contributed by atoms with Gasteiger partial charge in [-0.1, -0.05) is 0 Å². The van der Waals surface area contributed by atoms with Crippen LogP contribution in [-0.4, -0.2) is 46.2 Å². The maximum Gasteiger partial charge on any atom is 0.341 e. The van der Waals surface area contributed by atoms with Gasteiger partial charge in [0.25, 0.3) is 0 Å². The first-order chi connectivity index (χ1) is 15.3. The predicted molar refractivity (Wildman–Crippen MR) is 112 cm³/mol. The van der Waals surface area contributed by atoms with Gasteiger partial charge in [-0.3, -0.25) is 9.69 Å². The number of aromatic carboxylic acids is 1. The summed E-state index contributed by atoms with van der Waals surface area (Å²) in [7, 11) is 0. The van der Waals surface area contributed by atoms with Crippen LogP contribution < -0.4 is 10.7 Å². The average molecular weight is 443 g/mol. The van der Waals surface area contributed by atoms with E-state index in [0.29, 0.717) is 36.6 Å². The number of carboxylic acid groups (broad SMARTS) is 1. The molecule has 0 bridgehead atoms. The Morgan fingerprint density at radius 2 is 1.94 bits per heavy atom. The fourth-order valence-corrected chi connectivity index (χ4v) is 4.85. The summed E-state index contributed by atoms with van der Waals surface area (Å²) in [6, 6.07) is 4.15. The molecular formula is C23H20F3N3O3. The van der Waals surface area contributed by atoms with Crippen molar-refractivity contribution in [1.29, 1.82) is 0 Å². The fourth-order valence-electron chi connectivity index (χ4n) is 4.85. The number of piperazine rings is 1. The fraction of sp³-hybridized carbons (Fsp3) is 0.304. The number of nitrogens with one attached hydrogen (secondary N) is 1. The van der Waals surface area contributed by atoms with Gasteiger partial charge in [0.2, 0.25) is 5.43 Å². The van der Waals surface area contributed by atoms with Crippen LogP contribution in [0.3, 0.4) is 0 Å². The van der Waals surface area contributed by atoms with Crippen molar-refractivity contribution in [3.63, 3.8) is 0 Å². The molecule has 3 heterocycles. The Kier molecular flexibility index (Phi) is 5.02. The number of rotatable bonds is 2. The largest absolute Gasteiger partial charge is 0.477 e. The number of aryl methyl sites for hydroxylation is 1. The van der Waals surface area contributed by atoms with E-state index in [4.69, 9.17) is 0 Å². The summed E-state index contributed by atoms with van der Waals surface area (Å²) in [5, 5.41) is 12.7. The van der Waals surface area contributed by atoms with Crippen LogP contribution in [0.5, 0.6) is 0 Å². The molecule has 1 aromatic heterocycles. The molecule has 0 amide bonds. The highest BCUT2D eigenvalue weighted by molar-refractivity contribution is 5.94. The van der Waals surface area contributed by atoms with Crippen LogP contribution in [0.25, 0.3) is 16.6 Å². The maximum atomic E-state index is 15.3. The van der Waals surface area contributed by atoms with Crippen LogP contribution in [0.4, 0.5) is 13.2 Å². The number of pyridine rings is 1. The molecule has 0 saturated carbocycles. The highest BCUT2D eigenvalue weighted by atomic mass is 19.1. The van der Waals surface area contributed by atoms with Crippen molar-refractivity contribution in [2.75, 3.05) is 19.6 Å².